The van der Waals surface area contributed by atoms with Crippen molar-refractivity contribution in [3.63, 3.8) is 0 Å². The van der Waals surface area contributed by atoms with Crippen molar-refractivity contribution in [3.05, 3.63) is 15.6 Å². The standard InChI is InChI=1S/C18H32N2S/c1-12-7-9-15(10-8-12)11-19-13(2)16-14(3)20-17(21-16)18(4,5)6/h12-13,15,19H,7-11H2,1-6H3. The van der Waals surface area contributed by atoms with Gasteiger partial charge in [0, 0.05) is 16.3 Å². The number of rotatable bonds is 4. The molecule has 1 saturated carbocycles. The second-order valence-electron chi connectivity index (χ2n) is 7.97. The van der Waals surface area contributed by atoms with Crippen molar-refractivity contribution < 1.29 is 0 Å². The summed E-state index contributed by atoms with van der Waals surface area (Å²) in [6.45, 7) is 14.7. The van der Waals surface area contributed by atoms with Crippen molar-refractivity contribution in [2.45, 2.75) is 78.7 Å². The zero-order chi connectivity index (χ0) is 15.6. The number of nitrogens with zero attached hydrogens (tertiary/aromatic N) is 1. The van der Waals surface area contributed by atoms with E-state index in [-0.39, 0.29) is 5.41 Å². The van der Waals surface area contributed by atoms with Crippen molar-refractivity contribution in [2.75, 3.05) is 6.54 Å². The first-order chi connectivity index (χ1) is 9.77. The molecule has 1 fully saturated rings. The van der Waals surface area contributed by atoms with E-state index in [4.69, 9.17) is 4.98 Å². The lowest BCUT2D eigenvalue weighted by atomic mass is 9.83. The van der Waals surface area contributed by atoms with Crippen LogP contribution in [0.2, 0.25) is 0 Å². The number of aromatic nitrogens is 1. The molecule has 1 N–H and O–H groups in total. The van der Waals surface area contributed by atoms with Crippen LogP contribution in [0.4, 0.5) is 0 Å². The maximum absolute atomic E-state index is 4.79. The van der Waals surface area contributed by atoms with E-state index in [1.54, 1.807) is 0 Å². The largest absolute Gasteiger partial charge is 0.309 e. The Hall–Kier alpha value is -0.410. The van der Waals surface area contributed by atoms with Crippen LogP contribution >= 0.6 is 11.3 Å². The lowest BCUT2D eigenvalue weighted by molar-refractivity contribution is 0.276. The normalized spacial score (nSPS) is 25.0. The van der Waals surface area contributed by atoms with Gasteiger partial charge in [-0.25, -0.2) is 4.98 Å². The third-order valence-electron chi connectivity index (χ3n) is 4.72. The predicted molar refractivity (Wildman–Crippen MR) is 93.1 cm³/mol. The minimum Gasteiger partial charge on any atom is -0.309 e. The molecule has 1 heterocycles. The van der Waals surface area contributed by atoms with Crippen LogP contribution in [0.25, 0.3) is 0 Å². The Morgan fingerprint density at radius 3 is 2.38 bits per heavy atom. The van der Waals surface area contributed by atoms with Gasteiger partial charge in [-0.2, -0.15) is 0 Å². The van der Waals surface area contributed by atoms with Crippen LogP contribution in [0, 0.1) is 18.8 Å². The number of nitrogens with one attached hydrogen (secondary N) is 1. The lowest BCUT2D eigenvalue weighted by Crippen LogP contribution is -2.28. The fourth-order valence-corrected chi connectivity index (χ4v) is 4.25. The Morgan fingerprint density at radius 2 is 1.86 bits per heavy atom. The van der Waals surface area contributed by atoms with Crippen molar-refractivity contribution in [1.29, 1.82) is 0 Å². The summed E-state index contributed by atoms with van der Waals surface area (Å²) < 4.78 is 0. The quantitative estimate of drug-likeness (QED) is 0.824. The Kier molecular flexibility index (Phi) is 5.48. The van der Waals surface area contributed by atoms with E-state index in [9.17, 15) is 0 Å². The summed E-state index contributed by atoms with van der Waals surface area (Å²) >= 11 is 1.89. The summed E-state index contributed by atoms with van der Waals surface area (Å²) in [6, 6.07) is 0.429. The molecule has 3 heteroatoms. The summed E-state index contributed by atoms with van der Waals surface area (Å²) in [5.41, 5.74) is 1.37. The van der Waals surface area contributed by atoms with Gasteiger partial charge in [0.1, 0.15) is 0 Å². The van der Waals surface area contributed by atoms with E-state index in [0.717, 1.165) is 18.4 Å². The van der Waals surface area contributed by atoms with E-state index < -0.39 is 0 Å². The molecule has 1 aliphatic carbocycles. The van der Waals surface area contributed by atoms with E-state index in [1.165, 1.54) is 41.3 Å². The zero-order valence-corrected chi connectivity index (χ0v) is 15.4. The minimum absolute atomic E-state index is 0.160. The van der Waals surface area contributed by atoms with Crippen molar-refractivity contribution in [2.24, 2.45) is 11.8 Å². The van der Waals surface area contributed by atoms with Gasteiger partial charge in [-0.1, -0.05) is 40.5 Å². The summed E-state index contributed by atoms with van der Waals surface area (Å²) in [6.07, 6.45) is 5.62. The molecule has 0 aromatic carbocycles. The Labute approximate surface area is 134 Å². The number of thiazole rings is 1. The van der Waals surface area contributed by atoms with Gasteiger partial charge in [0.15, 0.2) is 0 Å². The highest BCUT2D eigenvalue weighted by Crippen LogP contribution is 2.33. The Bertz CT molecular complexity index is 450. The lowest BCUT2D eigenvalue weighted by Gasteiger charge is -2.27. The van der Waals surface area contributed by atoms with Crippen LogP contribution in [0.3, 0.4) is 0 Å². The Balaban J connectivity index is 1.91. The summed E-state index contributed by atoms with van der Waals surface area (Å²) in [4.78, 5) is 6.21. The van der Waals surface area contributed by atoms with E-state index in [0.29, 0.717) is 6.04 Å². The summed E-state index contributed by atoms with van der Waals surface area (Å²) in [5.74, 6) is 1.82. The first kappa shape index (κ1) is 17.0. The molecule has 2 rings (SSSR count). The number of hydrogen-bond donors (Lipinski definition) is 1. The highest BCUT2D eigenvalue weighted by molar-refractivity contribution is 7.12. The van der Waals surface area contributed by atoms with Gasteiger partial charge in [-0.15, -0.1) is 11.3 Å². The average molecular weight is 309 g/mol. The predicted octanol–water partition coefficient (Wildman–Crippen LogP) is 5.23. The fraction of sp³-hybridized carbons (Fsp3) is 0.833. The third-order valence-corrected chi connectivity index (χ3v) is 6.48. The maximum atomic E-state index is 4.79. The average Bonchev–Trinajstić information content (AvgIpc) is 2.80. The summed E-state index contributed by atoms with van der Waals surface area (Å²) in [5, 5.41) is 5.02. The Morgan fingerprint density at radius 1 is 1.24 bits per heavy atom. The van der Waals surface area contributed by atoms with E-state index >= 15 is 0 Å². The molecule has 1 aromatic rings. The van der Waals surface area contributed by atoms with Gasteiger partial charge < -0.3 is 5.32 Å². The topological polar surface area (TPSA) is 24.9 Å². The maximum Gasteiger partial charge on any atom is 0.0985 e. The smallest absolute Gasteiger partial charge is 0.0985 e. The first-order valence-corrected chi connectivity index (χ1v) is 9.30. The highest BCUT2D eigenvalue weighted by atomic mass is 32.1. The molecule has 21 heavy (non-hydrogen) atoms. The first-order valence-electron chi connectivity index (χ1n) is 8.48. The number of hydrogen-bond acceptors (Lipinski definition) is 3. The monoisotopic (exact) mass is 308 g/mol. The molecule has 1 aromatic heterocycles. The minimum atomic E-state index is 0.160. The molecule has 120 valence electrons. The molecule has 0 spiro atoms. The second-order valence-corrected chi connectivity index (χ2v) is 9.01. The van der Waals surface area contributed by atoms with E-state index in [2.05, 4.69) is 46.9 Å². The molecule has 0 saturated heterocycles. The van der Waals surface area contributed by atoms with Gasteiger partial charge in [-0.3, -0.25) is 0 Å². The van der Waals surface area contributed by atoms with Crippen LogP contribution < -0.4 is 5.32 Å². The van der Waals surface area contributed by atoms with Crippen molar-refractivity contribution in [3.8, 4) is 0 Å². The van der Waals surface area contributed by atoms with E-state index in [1.807, 2.05) is 11.3 Å². The highest BCUT2D eigenvalue weighted by Gasteiger charge is 2.23. The molecule has 0 bridgehead atoms. The van der Waals surface area contributed by atoms with Crippen molar-refractivity contribution >= 4 is 11.3 Å². The van der Waals surface area contributed by atoms with Crippen LogP contribution in [0.1, 0.15) is 81.9 Å². The SMILES string of the molecule is Cc1nc(C(C)(C)C)sc1C(C)NCC1CCC(C)CC1. The summed E-state index contributed by atoms with van der Waals surface area (Å²) in [7, 11) is 0. The van der Waals surface area contributed by atoms with Gasteiger partial charge >= 0.3 is 0 Å². The third kappa shape index (κ3) is 4.53. The van der Waals surface area contributed by atoms with Crippen LogP contribution in [0.5, 0.6) is 0 Å². The molecule has 0 amide bonds. The molecular weight excluding hydrogens is 276 g/mol. The molecular formula is C18H32N2S. The number of aryl methyl sites for hydroxylation is 1. The van der Waals surface area contributed by atoms with Gasteiger partial charge in [0.05, 0.1) is 10.7 Å². The van der Waals surface area contributed by atoms with Crippen LogP contribution in [0.15, 0.2) is 0 Å². The molecule has 0 radical (unpaired) electrons. The van der Waals surface area contributed by atoms with Gasteiger partial charge in [0.2, 0.25) is 0 Å². The molecule has 1 unspecified atom stereocenters. The van der Waals surface area contributed by atoms with Crippen LogP contribution in [-0.2, 0) is 5.41 Å². The van der Waals surface area contributed by atoms with Crippen molar-refractivity contribution in [1.82, 2.24) is 10.3 Å². The van der Waals surface area contributed by atoms with Gasteiger partial charge in [-0.05, 0) is 45.1 Å². The molecule has 0 aliphatic heterocycles. The fourth-order valence-electron chi connectivity index (χ4n) is 3.10. The van der Waals surface area contributed by atoms with Gasteiger partial charge in [0.25, 0.3) is 0 Å². The van der Waals surface area contributed by atoms with Crippen LogP contribution in [-0.4, -0.2) is 11.5 Å². The molecule has 1 atom stereocenters. The second kappa shape index (κ2) is 6.78. The zero-order valence-electron chi connectivity index (χ0n) is 14.6. The molecule has 2 nitrogen and oxygen atoms in total. The molecule has 1 aliphatic rings.